The second-order valence-electron chi connectivity index (χ2n) is 9.61. The van der Waals surface area contributed by atoms with Crippen molar-refractivity contribution in [2.45, 2.75) is 26.4 Å². The van der Waals surface area contributed by atoms with Crippen molar-refractivity contribution < 1.29 is 9.59 Å². The summed E-state index contributed by atoms with van der Waals surface area (Å²) in [5.74, 6) is 0.0349. The lowest BCUT2D eigenvalue weighted by Gasteiger charge is -2.20. The van der Waals surface area contributed by atoms with Crippen LogP contribution in [0.5, 0.6) is 0 Å². The van der Waals surface area contributed by atoms with E-state index in [-0.39, 0.29) is 34.3 Å². The lowest BCUT2D eigenvalue weighted by atomic mass is 10.00. The fourth-order valence-corrected chi connectivity index (χ4v) is 5.33. The number of nitrogens with one attached hydrogen (secondary N) is 2. The summed E-state index contributed by atoms with van der Waals surface area (Å²) in [5, 5.41) is 4.05. The minimum atomic E-state index is -0.375. The summed E-state index contributed by atoms with van der Waals surface area (Å²) in [6, 6.07) is 12.4. The first kappa shape index (κ1) is 26.7. The van der Waals surface area contributed by atoms with Crippen molar-refractivity contribution in [2.24, 2.45) is 7.05 Å². The molecule has 39 heavy (non-hydrogen) atoms. The third kappa shape index (κ3) is 4.86. The Kier molecular flexibility index (Phi) is 7.09. The summed E-state index contributed by atoms with van der Waals surface area (Å²) in [5.41, 5.74) is 4.95. The molecule has 2 amide bonds. The number of hydrogen-bond donors (Lipinski definition) is 2. The number of aryl methyl sites for hydroxylation is 1. The van der Waals surface area contributed by atoms with Gasteiger partial charge in [0.25, 0.3) is 17.4 Å². The quantitative estimate of drug-likeness (QED) is 0.258. The molecule has 0 spiro atoms. The van der Waals surface area contributed by atoms with E-state index in [0.29, 0.717) is 40.1 Å². The van der Waals surface area contributed by atoms with Gasteiger partial charge in [0, 0.05) is 43.6 Å². The number of rotatable bonds is 6. The Bertz CT molecular complexity index is 1720. The largest absolute Gasteiger partial charge is 0.377 e. The van der Waals surface area contributed by atoms with Gasteiger partial charge in [-0.3, -0.25) is 23.7 Å². The Morgan fingerprint density at radius 1 is 1.10 bits per heavy atom. The number of nitrogens with zero attached hydrogens (tertiary/aromatic N) is 4. The molecule has 1 aliphatic rings. The highest BCUT2D eigenvalue weighted by atomic mass is 35.5. The van der Waals surface area contributed by atoms with E-state index in [2.05, 4.69) is 15.0 Å². The van der Waals surface area contributed by atoms with Crippen molar-refractivity contribution in [1.82, 2.24) is 24.2 Å². The average Bonchev–Trinajstić information content (AvgIpc) is 3.19. The normalized spacial score (nSPS) is 13.5. The predicted molar refractivity (Wildman–Crippen MR) is 155 cm³/mol. The molecule has 2 N–H and O–H groups in total. The molecular weight excluding hydrogens is 536 g/mol. The van der Waals surface area contributed by atoms with E-state index >= 15 is 0 Å². The van der Waals surface area contributed by atoms with Crippen LogP contribution in [0.1, 0.15) is 50.5 Å². The summed E-state index contributed by atoms with van der Waals surface area (Å²) in [6.07, 6.45) is 1.75. The standard InChI is InChI=1S/C28H27ClN6O3S/c1-14-10-18(15(2)30-21-8-9-22(29)31-24(21)26(36)33-39-5)23-20(11-14)28(38)35(4)25(32-23)16-6-7-17-13-34(3)27(37)19(17)12-16/h6-12,15,30H,13H2,1-5H3,(H,33,36). The molecule has 1 aliphatic heterocycles. The van der Waals surface area contributed by atoms with Crippen molar-refractivity contribution >= 4 is 52.0 Å². The molecule has 11 heteroatoms. The number of hydrogen-bond acceptors (Lipinski definition) is 7. The Hall–Kier alpha value is -3.89. The minimum absolute atomic E-state index is 0.0512. The molecule has 0 saturated heterocycles. The molecule has 0 radical (unpaired) electrons. The zero-order valence-corrected chi connectivity index (χ0v) is 23.7. The van der Waals surface area contributed by atoms with E-state index in [1.807, 2.05) is 38.1 Å². The van der Waals surface area contributed by atoms with Crippen molar-refractivity contribution in [3.8, 4) is 11.4 Å². The summed E-state index contributed by atoms with van der Waals surface area (Å²) < 4.78 is 4.19. The maximum Gasteiger partial charge on any atom is 0.281 e. The van der Waals surface area contributed by atoms with Crippen LogP contribution in [0, 0.1) is 6.92 Å². The molecular formula is C28H27ClN6O3S. The van der Waals surface area contributed by atoms with Crippen LogP contribution in [0.15, 0.2) is 47.3 Å². The van der Waals surface area contributed by atoms with Gasteiger partial charge in [-0.1, -0.05) is 41.7 Å². The van der Waals surface area contributed by atoms with Gasteiger partial charge in [0.05, 0.1) is 22.6 Å². The highest BCUT2D eigenvalue weighted by Gasteiger charge is 2.26. The van der Waals surface area contributed by atoms with Gasteiger partial charge in [0.1, 0.15) is 11.0 Å². The van der Waals surface area contributed by atoms with E-state index in [1.54, 1.807) is 43.5 Å². The Morgan fingerprint density at radius 3 is 2.62 bits per heavy atom. The topological polar surface area (TPSA) is 109 Å². The van der Waals surface area contributed by atoms with E-state index in [1.165, 1.54) is 16.5 Å². The first-order chi connectivity index (χ1) is 18.6. The molecule has 3 heterocycles. The maximum absolute atomic E-state index is 13.6. The Balaban J connectivity index is 1.63. The fraction of sp³-hybridized carbons (Fsp3) is 0.250. The maximum atomic E-state index is 13.6. The molecule has 0 saturated carbocycles. The van der Waals surface area contributed by atoms with E-state index in [0.717, 1.165) is 16.7 Å². The van der Waals surface area contributed by atoms with E-state index in [9.17, 15) is 14.4 Å². The summed E-state index contributed by atoms with van der Waals surface area (Å²) in [4.78, 5) is 49.6. The van der Waals surface area contributed by atoms with Crippen LogP contribution in [-0.4, -0.2) is 44.6 Å². The number of amides is 2. The molecule has 2 aromatic carbocycles. The third-order valence-electron chi connectivity index (χ3n) is 6.82. The number of aromatic nitrogens is 3. The highest BCUT2D eigenvalue weighted by Crippen LogP contribution is 2.31. The van der Waals surface area contributed by atoms with Crippen LogP contribution >= 0.6 is 23.5 Å². The van der Waals surface area contributed by atoms with Crippen LogP contribution in [0.4, 0.5) is 5.69 Å². The lowest BCUT2D eigenvalue weighted by molar-refractivity contribution is 0.0816. The zero-order valence-electron chi connectivity index (χ0n) is 22.1. The number of pyridine rings is 1. The number of benzene rings is 2. The lowest BCUT2D eigenvalue weighted by Crippen LogP contribution is -2.23. The van der Waals surface area contributed by atoms with Crippen LogP contribution in [0.25, 0.3) is 22.3 Å². The van der Waals surface area contributed by atoms with E-state index in [4.69, 9.17) is 16.6 Å². The van der Waals surface area contributed by atoms with Gasteiger partial charge in [-0.15, -0.1) is 0 Å². The number of carbonyl (C=O) groups excluding carboxylic acids is 2. The summed E-state index contributed by atoms with van der Waals surface area (Å²) in [6.45, 7) is 4.41. The third-order valence-corrected chi connectivity index (χ3v) is 7.42. The molecule has 1 atom stereocenters. The number of anilines is 1. The number of fused-ring (bicyclic) bond motifs is 2. The van der Waals surface area contributed by atoms with Gasteiger partial charge >= 0.3 is 0 Å². The molecule has 200 valence electrons. The van der Waals surface area contributed by atoms with Crippen LogP contribution in [0.3, 0.4) is 0 Å². The van der Waals surface area contributed by atoms with Gasteiger partial charge < -0.3 is 10.2 Å². The highest BCUT2D eigenvalue weighted by molar-refractivity contribution is 7.97. The molecule has 0 aliphatic carbocycles. The van der Waals surface area contributed by atoms with Gasteiger partial charge in [0.15, 0.2) is 5.69 Å². The SMILES string of the molecule is CSNC(=O)c1nc(Cl)ccc1NC(C)c1cc(C)cc2c(=O)n(C)c(-c3ccc4c(c3)C(=O)N(C)C4)nc12. The number of halogens is 1. The zero-order chi connectivity index (χ0) is 28.0. The first-order valence-electron chi connectivity index (χ1n) is 12.3. The van der Waals surface area contributed by atoms with Gasteiger partial charge in [-0.25, -0.2) is 9.97 Å². The fourth-order valence-electron chi connectivity index (χ4n) is 4.90. The molecule has 4 aromatic rings. The summed E-state index contributed by atoms with van der Waals surface area (Å²) >= 11 is 7.24. The predicted octanol–water partition coefficient (Wildman–Crippen LogP) is 4.72. The molecule has 5 rings (SSSR count). The van der Waals surface area contributed by atoms with Crippen LogP contribution < -0.4 is 15.6 Å². The minimum Gasteiger partial charge on any atom is -0.377 e. The summed E-state index contributed by atoms with van der Waals surface area (Å²) in [7, 11) is 3.45. The van der Waals surface area contributed by atoms with Crippen molar-refractivity contribution in [3.63, 3.8) is 0 Å². The van der Waals surface area contributed by atoms with Gasteiger partial charge in [-0.2, -0.15) is 0 Å². The molecule has 0 bridgehead atoms. The molecule has 0 fully saturated rings. The first-order valence-corrected chi connectivity index (χ1v) is 13.9. The van der Waals surface area contributed by atoms with Gasteiger partial charge in [0.2, 0.25) is 0 Å². The van der Waals surface area contributed by atoms with E-state index < -0.39 is 0 Å². The number of carbonyl (C=O) groups is 2. The smallest absolute Gasteiger partial charge is 0.281 e. The second kappa shape index (κ2) is 10.3. The van der Waals surface area contributed by atoms with Crippen molar-refractivity contribution in [1.29, 1.82) is 0 Å². The molecule has 2 aromatic heterocycles. The van der Waals surface area contributed by atoms with Crippen molar-refractivity contribution in [2.75, 3.05) is 18.6 Å². The monoisotopic (exact) mass is 562 g/mol. The second-order valence-corrected chi connectivity index (χ2v) is 10.6. The average molecular weight is 563 g/mol. The Morgan fingerprint density at radius 2 is 1.87 bits per heavy atom. The van der Waals surface area contributed by atoms with Crippen LogP contribution in [-0.2, 0) is 13.6 Å². The molecule has 9 nitrogen and oxygen atoms in total. The van der Waals surface area contributed by atoms with Crippen LogP contribution in [0.2, 0.25) is 5.15 Å². The van der Waals surface area contributed by atoms with Crippen molar-refractivity contribution in [3.05, 3.63) is 85.9 Å². The Labute approximate surface area is 234 Å². The van der Waals surface area contributed by atoms with Gasteiger partial charge in [-0.05, 0) is 49.2 Å². The molecule has 1 unspecified atom stereocenters.